The average molecular weight is 199 g/mol. The van der Waals surface area contributed by atoms with E-state index >= 15 is 0 Å². The van der Waals surface area contributed by atoms with Gasteiger partial charge in [0.15, 0.2) is 0 Å². The Morgan fingerprint density at radius 3 is 2.77 bits per heavy atom. The van der Waals surface area contributed by atoms with Gasteiger partial charge < -0.3 is 5.32 Å². The molecule has 0 aromatic rings. The van der Waals surface area contributed by atoms with Crippen LogP contribution in [0.25, 0.3) is 0 Å². The third-order valence-electron chi connectivity index (χ3n) is 2.76. The molecule has 0 spiro atoms. The molecule has 0 aromatic carbocycles. The molecule has 13 heavy (non-hydrogen) atoms. The first-order valence-electron chi connectivity index (χ1n) is 5.13. The van der Waals surface area contributed by atoms with Gasteiger partial charge in [0, 0.05) is 10.8 Å². The summed E-state index contributed by atoms with van der Waals surface area (Å²) in [6, 6.07) is 0.491. The Balaban J connectivity index is 2.67. The third kappa shape index (κ3) is 2.50. The molecule has 1 nitrogen and oxygen atoms in total. The van der Waals surface area contributed by atoms with Gasteiger partial charge >= 0.3 is 0 Å². The van der Waals surface area contributed by atoms with Crippen LogP contribution in [-0.2, 0) is 0 Å². The van der Waals surface area contributed by atoms with E-state index in [9.17, 15) is 0 Å². The SMILES string of the molecule is C=C(C)C(NCC)C1(C)CCCS1. The Hall–Kier alpha value is 0.0500. The van der Waals surface area contributed by atoms with Gasteiger partial charge in [-0.05, 0) is 39.0 Å². The minimum Gasteiger partial charge on any atom is -0.309 e. The van der Waals surface area contributed by atoms with Gasteiger partial charge in [0.1, 0.15) is 0 Å². The predicted molar refractivity (Wildman–Crippen MR) is 62.4 cm³/mol. The lowest BCUT2D eigenvalue weighted by Crippen LogP contribution is -2.45. The number of nitrogens with one attached hydrogen (secondary N) is 1. The van der Waals surface area contributed by atoms with Crippen LogP contribution in [0.15, 0.2) is 12.2 Å². The molecule has 1 rings (SSSR count). The Labute approximate surface area is 86.4 Å². The maximum absolute atomic E-state index is 4.09. The highest BCUT2D eigenvalue weighted by Crippen LogP contribution is 2.42. The second-order valence-electron chi connectivity index (χ2n) is 4.10. The zero-order valence-electron chi connectivity index (χ0n) is 9.02. The summed E-state index contributed by atoms with van der Waals surface area (Å²) in [5.41, 5.74) is 1.28. The van der Waals surface area contributed by atoms with Gasteiger partial charge in [-0.15, -0.1) is 0 Å². The first kappa shape index (κ1) is 11.1. The van der Waals surface area contributed by atoms with Crippen LogP contribution in [0, 0.1) is 0 Å². The lowest BCUT2D eigenvalue weighted by Gasteiger charge is -2.34. The molecule has 0 aliphatic carbocycles. The zero-order chi connectivity index (χ0) is 9.90. The predicted octanol–water partition coefficient (Wildman–Crippen LogP) is 2.83. The summed E-state index contributed by atoms with van der Waals surface area (Å²) < 4.78 is 0.391. The van der Waals surface area contributed by atoms with Crippen molar-refractivity contribution in [3.05, 3.63) is 12.2 Å². The molecule has 76 valence electrons. The van der Waals surface area contributed by atoms with Crippen LogP contribution >= 0.6 is 11.8 Å². The van der Waals surface area contributed by atoms with E-state index in [0.717, 1.165) is 6.54 Å². The number of thioether (sulfide) groups is 1. The summed E-state index contributed by atoms with van der Waals surface area (Å²) in [5.74, 6) is 1.31. The van der Waals surface area contributed by atoms with Crippen LogP contribution in [-0.4, -0.2) is 23.1 Å². The minimum absolute atomic E-state index is 0.391. The molecule has 0 radical (unpaired) electrons. The highest BCUT2D eigenvalue weighted by Gasteiger charge is 2.37. The van der Waals surface area contributed by atoms with E-state index in [2.05, 4.69) is 44.4 Å². The van der Waals surface area contributed by atoms with Crippen LogP contribution in [0.5, 0.6) is 0 Å². The quantitative estimate of drug-likeness (QED) is 0.699. The van der Waals surface area contributed by atoms with Crippen LogP contribution in [0.1, 0.15) is 33.6 Å². The smallest absolute Gasteiger partial charge is 0.0420 e. The van der Waals surface area contributed by atoms with E-state index in [-0.39, 0.29) is 0 Å². The van der Waals surface area contributed by atoms with E-state index in [0.29, 0.717) is 10.8 Å². The van der Waals surface area contributed by atoms with E-state index in [1.165, 1.54) is 24.2 Å². The van der Waals surface area contributed by atoms with E-state index in [1.54, 1.807) is 0 Å². The average Bonchev–Trinajstić information content (AvgIpc) is 2.48. The van der Waals surface area contributed by atoms with Crippen molar-refractivity contribution in [2.75, 3.05) is 12.3 Å². The molecule has 0 aromatic heterocycles. The minimum atomic E-state index is 0.391. The summed E-state index contributed by atoms with van der Waals surface area (Å²) in [6.45, 7) is 11.8. The number of likely N-dealkylation sites (N-methyl/N-ethyl adjacent to an activating group) is 1. The van der Waals surface area contributed by atoms with Gasteiger partial charge in [0.2, 0.25) is 0 Å². The molecule has 0 amide bonds. The Bertz CT molecular complexity index is 183. The van der Waals surface area contributed by atoms with Gasteiger partial charge in [-0.25, -0.2) is 0 Å². The Kier molecular flexibility index (Phi) is 3.87. The molecule has 1 aliphatic heterocycles. The third-order valence-corrected chi connectivity index (χ3v) is 4.35. The van der Waals surface area contributed by atoms with Crippen molar-refractivity contribution >= 4 is 11.8 Å². The maximum Gasteiger partial charge on any atom is 0.0420 e. The monoisotopic (exact) mass is 199 g/mol. The topological polar surface area (TPSA) is 12.0 Å². The second kappa shape index (κ2) is 4.52. The normalized spacial score (nSPS) is 30.4. The number of hydrogen-bond donors (Lipinski definition) is 1. The van der Waals surface area contributed by atoms with E-state index in [4.69, 9.17) is 0 Å². The largest absolute Gasteiger partial charge is 0.309 e. The standard InChI is InChI=1S/C11H21NS/c1-5-12-10(9(2)3)11(4)7-6-8-13-11/h10,12H,2,5-8H2,1,3-4H3. The number of rotatable bonds is 4. The van der Waals surface area contributed by atoms with Gasteiger partial charge in [0.05, 0.1) is 0 Å². The van der Waals surface area contributed by atoms with Crippen LogP contribution in [0.3, 0.4) is 0 Å². The van der Waals surface area contributed by atoms with Gasteiger partial charge in [-0.1, -0.05) is 19.1 Å². The molecule has 1 fully saturated rings. The van der Waals surface area contributed by atoms with Crippen molar-refractivity contribution in [3.63, 3.8) is 0 Å². The van der Waals surface area contributed by atoms with Crippen molar-refractivity contribution in [2.45, 2.75) is 44.4 Å². The first-order chi connectivity index (χ1) is 6.10. The molecule has 1 saturated heterocycles. The number of hydrogen-bond acceptors (Lipinski definition) is 2. The molecule has 1 N–H and O–H groups in total. The van der Waals surface area contributed by atoms with Crippen LogP contribution in [0.4, 0.5) is 0 Å². The Morgan fingerprint density at radius 1 is 1.69 bits per heavy atom. The molecule has 1 heterocycles. The van der Waals surface area contributed by atoms with Crippen molar-refractivity contribution in [1.82, 2.24) is 5.32 Å². The van der Waals surface area contributed by atoms with Crippen molar-refractivity contribution < 1.29 is 0 Å². The van der Waals surface area contributed by atoms with Crippen LogP contribution in [0.2, 0.25) is 0 Å². The fraction of sp³-hybridized carbons (Fsp3) is 0.818. The van der Waals surface area contributed by atoms with Gasteiger partial charge in [-0.2, -0.15) is 11.8 Å². The van der Waals surface area contributed by atoms with E-state index < -0.39 is 0 Å². The summed E-state index contributed by atoms with van der Waals surface area (Å²) in [4.78, 5) is 0. The van der Waals surface area contributed by atoms with Gasteiger partial charge in [0.25, 0.3) is 0 Å². The van der Waals surface area contributed by atoms with Crippen LogP contribution < -0.4 is 5.32 Å². The van der Waals surface area contributed by atoms with Crippen molar-refractivity contribution in [3.8, 4) is 0 Å². The molecule has 2 atom stereocenters. The highest BCUT2D eigenvalue weighted by atomic mass is 32.2. The Morgan fingerprint density at radius 2 is 2.38 bits per heavy atom. The molecule has 0 bridgehead atoms. The lowest BCUT2D eigenvalue weighted by atomic mass is 9.91. The highest BCUT2D eigenvalue weighted by molar-refractivity contribution is 8.00. The first-order valence-corrected chi connectivity index (χ1v) is 6.11. The maximum atomic E-state index is 4.09. The summed E-state index contributed by atoms with van der Waals surface area (Å²) in [6.07, 6.45) is 2.68. The molecule has 0 saturated carbocycles. The summed E-state index contributed by atoms with van der Waals surface area (Å²) in [7, 11) is 0. The molecular weight excluding hydrogens is 178 g/mol. The lowest BCUT2D eigenvalue weighted by molar-refractivity contribution is 0.454. The molecular formula is C11H21NS. The summed E-state index contributed by atoms with van der Waals surface area (Å²) >= 11 is 2.10. The van der Waals surface area contributed by atoms with Crippen molar-refractivity contribution in [1.29, 1.82) is 0 Å². The van der Waals surface area contributed by atoms with E-state index in [1.807, 2.05) is 0 Å². The molecule has 1 aliphatic rings. The molecule has 2 heteroatoms. The van der Waals surface area contributed by atoms with Crippen molar-refractivity contribution in [2.24, 2.45) is 0 Å². The zero-order valence-corrected chi connectivity index (χ0v) is 9.84. The second-order valence-corrected chi connectivity index (χ2v) is 5.73. The fourth-order valence-corrected chi connectivity index (χ4v) is 3.64. The summed E-state index contributed by atoms with van der Waals surface area (Å²) in [5, 5.41) is 3.54. The fourth-order valence-electron chi connectivity index (χ4n) is 2.14. The van der Waals surface area contributed by atoms with Gasteiger partial charge in [-0.3, -0.25) is 0 Å². The molecule has 2 unspecified atom stereocenters.